The Morgan fingerprint density at radius 2 is 2.19 bits per heavy atom. The first-order valence-corrected chi connectivity index (χ1v) is 5.76. The number of carbonyl (C=O) groups is 1. The van der Waals surface area contributed by atoms with Crippen LogP contribution < -0.4 is 5.73 Å². The van der Waals surface area contributed by atoms with Gasteiger partial charge in [0.25, 0.3) is 0 Å². The molecular formula is C12H20N2O2. The number of nitrogens with two attached hydrogens (primary N) is 1. The number of furan rings is 1. The largest absolute Gasteiger partial charge is 0.469 e. The van der Waals surface area contributed by atoms with Gasteiger partial charge in [0.1, 0.15) is 5.76 Å². The van der Waals surface area contributed by atoms with Crippen LogP contribution in [0.15, 0.2) is 22.8 Å². The summed E-state index contributed by atoms with van der Waals surface area (Å²) in [6.07, 6.45) is 2.22. The van der Waals surface area contributed by atoms with Gasteiger partial charge in [0.15, 0.2) is 0 Å². The average molecular weight is 224 g/mol. The van der Waals surface area contributed by atoms with Gasteiger partial charge in [-0.3, -0.25) is 4.79 Å². The fourth-order valence-electron chi connectivity index (χ4n) is 1.80. The van der Waals surface area contributed by atoms with Gasteiger partial charge in [0, 0.05) is 13.1 Å². The smallest absolute Gasteiger partial charge is 0.233 e. The van der Waals surface area contributed by atoms with E-state index in [0.29, 0.717) is 18.7 Å². The summed E-state index contributed by atoms with van der Waals surface area (Å²) in [6.45, 7) is 5.87. The van der Waals surface area contributed by atoms with Crippen molar-refractivity contribution in [3.63, 3.8) is 0 Å². The van der Waals surface area contributed by atoms with E-state index in [0.717, 1.165) is 13.1 Å². The molecule has 4 nitrogen and oxygen atoms in total. The molecule has 1 aromatic rings. The highest BCUT2D eigenvalue weighted by atomic mass is 16.3. The van der Waals surface area contributed by atoms with E-state index in [9.17, 15) is 4.79 Å². The molecule has 1 aromatic heterocycles. The number of hydrogen-bond acceptors (Lipinski definition) is 3. The third-order valence-corrected chi connectivity index (χ3v) is 2.72. The monoisotopic (exact) mass is 224 g/mol. The Kier molecular flexibility index (Phi) is 5.05. The molecule has 0 bridgehead atoms. The summed E-state index contributed by atoms with van der Waals surface area (Å²) >= 11 is 0. The van der Waals surface area contributed by atoms with Crippen LogP contribution in [0.3, 0.4) is 0 Å². The van der Waals surface area contributed by atoms with Crippen LogP contribution in [0, 0.1) is 0 Å². The molecule has 0 aromatic carbocycles. The molecule has 1 unspecified atom stereocenters. The lowest BCUT2D eigenvalue weighted by atomic mass is 10.0. The van der Waals surface area contributed by atoms with Crippen molar-refractivity contribution in [2.24, 2.45) is 5.73 Å². The van der Waals surface area contributed by atoms with Crippen molar-refractivity contribution in [1.82, 2.24) is 4.90 Å². The fourth-order valence-corrected chi connectivity index (χ4v) is 1.80. The summed E-state index contributed by atoms with van der Waals surface area (Å²) in [4.78, 5) is 14.0. The minimum atomic E-state index is -0.236. The minimum Gasteiger partial charge on any atom is -0.469 e. The van der Waals surface area contributed by atoms with E-state index in [4.69, 9.17) is 10.2 Å². The van der Waals surface area contributed by atoms with E-state index < -0.39 is 0 Å². The third kappa shape index (κ3) is 2.85. The van der Waals surface area contributed by atoms with Crippen LogP contribution in [-0.4, -0.2) is 30.4 Å². The van der Waals surface area contributed by atoms with Crippen molar-refractivity contribution in [3.05, 3.63) is 24.2 Å². The highest BCUT2D eigenvalue weighted by Gasteiger charge is 2.25. The molecule has 0 saturated carbocycles. The molecule has 90 valence electrons. The highest BCUT2D eigenvalue weighted by molar-refractivity contribution is 5.83. The third-order valence-electron chi connectivity index (χ3n) is 2.72. The van der Waals surface area contributed by atoms with E-state index >= 15 is 0 Å². The summed E-state index contributed by atoms with van der Waals surface area (Å²) in [5, 5.41) is 0. The number of likely N-dealkylation sites (N-methyl/N-ethyl adjacent to an activating group) is 1. The van der Waals surface area contributed by atoms with Gasteiger partial charge in [-0.1, -0.05) is 0 Å². The molecule has 0 saturated heterocycles. The molecule has 1 amide bonds. The zero-order valence-electron chi connectivity index (χ0n) is 9.98. The lowest BCUT2D eigenvalue weighted by molar-refractivity contribution is -0.133. The summed E-state index contributed by atoms with van der Waals surface area (Å²) in [7, 11) is 0. The zero-order chi connectivity index (χ0) is 12.0. The summed E-state index contributed by atoms with van der Waals surface area (Å²) in [5.41, 5.74) is 5.54. The van der Waals surface area contributed by atoms with Gasteiger partial charge >= 0.3 is 0 Å². The number of amides is 1. The number of hydrogen-bond donors (Lipinski definition) is 1. The van der Waals surface area contributed by atoms with Crippen molar-refractivity contribution < 1.29 is 9.21 Å². The standard InChI is InChI=1S/C12H20N2O2/c1-3-14(4-2)12(15)10(7-8-13)11-6-5-9-16-11/h5-6,9-10H,3-4,7-8,13H2,1-2H3. The lowest BCUT2D eigenvalue weighted by Crippen LogP contribution is -2.35. The van der Waals surface area contributed by atoms with E-state index in [1.807, 2.05) is 24.8 Å². The van der Waals surface area contributed by atoms with E-state index in [1.165, 1.54) is 0 Å². The number of nitrogens with zero attached hydrogens (tertiary/aromatic N) is 1. The Labute approximate surface area is 96.4 Å². The van der Waals surface area contributed by atoms with Gasteiger partial charge in [-0.15, -0.1) is 0 Å². The Morgan fingerprint density at radius 3 is 2.62 bits per heavy atom. The van der Waals surface area contributed by atoms with Crippen LogP contribution >= 0.6 is 0 Å². The van der Waals surface area contributed by atoms with Crippen LogP contribution in [0.1, 0.15) is 31.9 Å². The molecule has 0 radical (unpaired) electrons. The summed E-state index contributed by atoms with van der Waals surface area (Å²) in [5.74, 6) is 0.577. The molecule has 0 aliphatic rings. The second-order valence-corrected chi connectivity index (χ2v) is 3.66. The Balaban J connectivity index is 2.81. The molecule has 0 fully saturated rings. The second kappa shape index (κ2) is 6.33. The quantitative estimate of drug-likeness (QED) is 0.798. The van der Waals surface area contributed by atoms with E-state index in [2.05, 4.69) is 0 Å². The molecule has 2 N–H and O–H groups in total. The van der Waals surface area contributed by atoms with Gasteiger partial charge in [0.05, 0.1) is 12.2 Å². The van der Waals surface area contributed by atoms with E-state index in [-0.39, 0.29) is 11.8 Å². The predicted molar refractivity (Wildman–Crippen MR) is 63.0 cm³/mol. The maximum atomic E-state index is 12.2. The molecule has 0 aliphatic carbocycles. The van der Waals surface area contributed by atoms with Crippen molar-refractivity contribution in [3.8, 4) is 0 Å². The maximum absolute atomic E-state index is 12.2. The Morgan fingerprint density at radius 1 is 1.50 bits per heavy atom. The number of rotatable bonds is 6. The van der Waals surface area contributed by atoms with Crippen LogP contribution in [0.5, 0.6) is 0 Å². The van der Waals surface area contributed by atoms with Gasteiger partial charge in [-0.05, 0) is 38.9 Å². The predicted octanol–water partition coefficient (Wildman–Crippen LogP) is 1.58. The molecule has 1 heterocycles. The first kappa shape index (κ1) is 12.8. The molecule has 1 atom stereocenters. The number of carbonyl (C=O) groups excluding carboxylic acids is 1. The maximum Gasteiger partial charge on any atom is 0.233 e. The highest BCUT2D eigenvalue weighted by Crippen LogP contribution is 2.22. The van der Waals surface area contributed by atoms with Crippen molar-refractivity contribution in [2.75, 3.05) is 19.6 Å². The molecule has 4 heteroatoms. The SMILES string of the molecule is CCN(CC)C(=O)C(CCN)c1ccco1. The topological polar surface area (TPSA) is 59.5 Å². The summed E-state index contributed by atoms with van der Waals surface area (Å²) < 4.78 is 5.31. The molecule has 16 heavy (non-hydrogen) atoms. The van der Waals surface area contributed by atoms with Crippen molar-refractivity contribution in [1.29, 1.82) is 0 Å². The van der Waals surface area contributed by atoms with Crippen molar-refractivity contribution in [2.45, 2.75) is 26.2 Å². The van der Waals surface area contributed by atoms with Crippen LogP contribution in [-0.2, 0) is 4.79 Å². The molecule has 0 spiro atoms. The fraction of sp³-hybridized carbons (Fsp3) is 0.583. The average Bonchev–Trinajstić information content (AvgIpc) is 2.80. The van der Waals surface area contributed by atoms with Crippen LogP contribution in [0.25, 0.3) is 0 Å². The van der Waals surface area contributed by atoms with Crippen molar-refractivity contribution >= 4 is 5.91 Å². The van der Waals surface area contributed by atoms with Crippen LogP contribution in [0.2, 0.25) is 0 Å². The molecule has 1 rings (SSSR count). The summed E-state index contributed by atoms with van der Waals surface area (Å²) in [6, 6.07) is 3.64. The van der Waals surface area contributed by atoms with Gasteiger partial charge < -0.3 is 15.1 Å². The normalized spacial score (nSPS) is 12.4. The van der Waals surface area contributed by atoms with Gasteiger partial charge in [-0.2, -0.15) is 0 Å². The zero-order valence-corrected chi connectivity index (χ0v) is 9.98. The molecular weight excluding hydrogens is 204 g/mol. The minimum absolute atomic E-state index is 0.102. The Hall–Kier alpha value is -1.29. The van der Waals surface area contributed by atoms with Crippen LogP contribution in [0.4, 0.5) is 0 Å². The van der Waals surface area contributed by atoms with Gasteiger partial charge in [-0.25, -0.2) is 0 Å². The Bertz CT molecular complexity index is 305. The molecule has 0 aliphatic heterocycles. The first-order valence-electron chi connectivity index (χ1n) is 5.76. The van der Waals surface area contributed by atoms with E-state index in [1.54, 1.807) is 12.3 Å². The first-order chi connectivity index (χ1) is 7.74. The second-order valence-electron chi connectivity index (χ2n) is 3.66. The van der Waals surface area contributed by atoms with Gasteiger partial charge in [0.2, 0.25) is 5.91 Å². The lowest BCUT2D eigenvalue weighted by Gasteiger charge is -2.23.